The maximum Gasteiger partial charge on any atom is 0.274 e. The number of ether oxygens (including phenoxy) is 1. The van der Waals surface area contributed by atoms with Crippen LogP contribution in [0.5, 0.6) is 5.75 Å². The minimum atomic E-state index is -3.39. The molecule has 0 spiro atoms. The molecule has 0 bridgehead atoms. The fourth-order valence-corrected chi connectivity index (χ4v) is 4.57. The number of nitrogens with one attached hydrogen (secondary N) is 1. The number of benzene rings is 1. The number of hydrogen-bond donors (Lipinski definition) is 1. The number of aromatic nitrogens is 2. The number of fused-ring (bicyclic) bond motifs is 1. The van der Waals surface area contributed by atoms with Crippen molar-refractivity contribution < 1.29 is 13.2 Å². The van der Waals surface area contributed by atoms with E-state index in [1.165, 1.54) is 15.7 Å². The zero-order chi connectivity index (χ0) is 20.6. The van der Waals surface area contributed by atoms with Gasteiger partial charge in [-0.1, -0.05) is 6.07 Å². The number of nitrogens with zero attached hydrogens (tertiary/aromatic N) is 1. The van der Waals surface area contributed by atoms with E-state index in [1.807, 2.05) is 17.5 Å². The molecule has 29 heavy (non-hydrogen) atoms. The van der Waals surface area contributed by atoms with Gasteiger partial charge in [-0.2, -0.15) is 0 Å². The van der Waals surface area contributed by atoms with E-state index in [0.29, 0.717) is 23.4 Å². The van der Waals surface area contributed by atoms with Gasteiger partial charge in [0.15, 0.2) is 9.84 Å². The molecular weight excluding hydrogens is 408 g/mol. The van der Waals surface area contributed by atoms with Crippen LogP contribution in [0.1, 0.15) is 4.88 Å². The maximum absolute atomic E-state index is 12.4. The van der Waals surface area contributed by atoms with Gasteiger partial charge in [0.2, 0.25) is 0 Å². The molecule has 3 aromatic heterocycles. The summed E-state index contributed by atoms with van der Waals surface area (Å²) >= 11 is 1.67. The summed E-state index contributed by atoms with van der Waals surface area (Å²) in [6, 6.07) is 10.7. The first-order valence-corrected chi connectivity index (χ1v) is 11.8. The molecule has 0 radical (unpaired) electrons. The van der Waals surface area contributed by atoms with Crippen LogP contribution in [0.4, 0.5) is 0 Å². The molecule has 8 heteroatoms. The molecule has 4 rings (SSSR count). The molecular formula is C21H20N2O4S2. The summed E-state index contributed by atoms with van der Waals surface area (Å²) in [5.41, 5.74) is 1.69. The minimum Gasteiger partial charge on any atom is -0.493 e. The lowest BCUT2D eigenvalue weighted by Gasteiger charge is -2.13. The van der Waals surface area contributed by atoms with Crippen molar-refractivity contribution in [3.63, 3.8) is 0 Å². The Morgan fingerprint density at radius 2 is 2.00 bits per heavy atom. The summed E-state index contributed by atoms with van der Waals surface area (Å²) in [5, 5.41) is 2.75. The average molecular weight is 429 g/mol. The van der Waals surface area contributed by atoms with E-state index in [-0.39, 0.29) is 10.5 Å². The number of H-pyrrole nitrogens is 1. The van der Waals surface area contributed by atoms with Crippen LogP contribution in [0.2, 0.25) is 0 Å². The first kappa shape index (κ1) is 19.5. The smallest absolute Gasteiger partial charge is 0.274 e. The van der Waals surface area contributed by atoms with Gasteiger partial charge in [0.25, 0.3) is 5.56 Å². The Kier molecular flexibility index (Phi) is 5.06. The molecule has 0 fully saturated rings. The van der Waals surface area contributed by atoms with Crippen LogP contribution in [-0.4, -0.2) is 30.8 Å². The van der Waals surface area contributed by atoms with Crippen LogP contribution in [0, 0.1) is 0 Å². The third-order valence-corrected chi connectivity index (χ3v) is 6.82. The molecule has 0 aliphatic rings. The number of thiophene rings is 1. The van der Waals surface area contributed by atoms with Gasteiger partial charge >= 0.3 is 0 Å². The van der Waals surface area contributed by atoms with Crippen molar-refractivity contribution in [1.82, 2.24) is 9.55 Å². The predicted octanol–water partition coefficient (Wildman–Crippen LogP) is 3.62. The van der Waals surface area contributed by atoms with Gasteiger partial charge < -0.3 is 14.3 Å². The summed E-state index contributed by atoms with van der Waals surface area (Å²) in [6.07, 6.45) is 5.35. The number of hydrogen-bond acceptors (Lipinski definition) is 5. The van der Waals surface area contributed by atoms with Gasteiger partial charge in [0.05, 0.1) is 11.5 Å². The largest absolute Gasteiger partial charge is 0.493 e. The molecule has 0 unspecified atom stereocenters. The van der Waals surface area contributed by atoms with Crippen LogP contribution >= 0.6 is 11.3 Å². The third kappa shape index (κ3) is 3.86. The van der Waals surface area contributed by atoms with E-state index in [2.05, 4.69) is 11.1 Å². The van der Waals surface area contributed by atoms with Crippen LogP contribution < -0.4 is 10.3 Å². The van der Waals surface area contributed by atoms with Gasteiger partial charge in [0.1, 0.15) is 11.3 Å². The molecule has 0 amide bonds. The van der Waals surface area contributed by atoms with E-state index in [0.717, 1.165) is 17.4 Å². The highest BCUT2D eigenvalue weighted by Crippen LogP contribution is 2.36. The first-order valence-electron chi connectivity index (χ1n) is 9.01. The zero-order valence-corrected chi connectivity index (χ0v) is 17.6. The highest BCUT2D eigenvalue weighted by Gasteiger charge is 2.17. The summed E-state index contributed by atoms with van der Waals surface area (Å²) in [4.78, 5) is 16.8. The van der Waals surface area contributed by atoms with Crippen molar-refractivity contribution in [1.29, 1.82) is 0 Å². The number of aromatic amines is 1. The van der Waals surface area contributed by atoms with E-state index >= 15 is 0 Å². The van der Waals surface area contributed by atoms with Crippen molar-refractivity contribution >= 4 is 32.1 Å². The molecule has 0 saturated carbocycles. The van der Waals surface area contributed by atoms with Gasteiger partial charge in [-0.05, 0) is 35.7 Å². The average Bonchev–Trinajstić information content (AvgIpc) is 3.34. The first-order chi connectivity index (χ1) is 13.8. The summed E-state index contributed by atoms with van der Waals surface area (Å²) < 4.78 is 31.7. The van der Waals surface area contributed by atoms with E-state index in [1.54, 1.807) is 49.0 Å². The molecule has 0 saturated heterocycles. The predicted molar refractivity (Wildman–Crippen MR) is 116 cm³/mol. The molecule has 150 valence electrons. The number of rotatable bonds is 6. The number of sulfone groups is 1. The lowest BCUT2D eigenvalue weighted by molar-refractivity contribution is 0.324. The number of aryl methyl sites for hydroxylation is 1. The monoisotopic (exact) mass is 428 g/mol. The minimum absolute atomic E-state index is 0.145. The molecule has 0 aliphatic heterocycles. The fraction of sp³-hybridized carbons (Fsp3) is 0.190. The zero-order valence-electron chi connectivity index (χ0n) is 16.0. The van der Waals surface area contributed by atoms with Gasteiger partial charge in [-0.15, -0.1) is 11.3 Å². The van der Waals surface area contributed by atoms with Crippen molar-refractivity contribution in [2.75, 3.05) is 12.9 Å². The Bertz CT molecular complexity index is 1330. The lowest BCUT2D eigenvalue weighted by atomic mass is 10.0. The Labute approximate surface area is 172 Å². The normalized spacial score (nSPS) is 11.8. The standard InChI is InChI=1S/C21H20N2O4S2/c1-23-9-7-16-18(13-22-20(16)21(23)24)17-12-15(29(2,25)26)5-6-19(17)27-10-8-14-4-3-11-28-14/h3-7,9,11-13,22H,8,10H2,1-2H3. The van der Waals surface area contributed by atoms with Gasteiger partial charge in [-0.3, -0.25) is 4.79 Å². The van der Waals surface area contributed by atoms with E-state index < -0.39 is 9.84 Å². The van der Waals surface area contributed by atoms with E-state index in [9.17, 15) is 13.2 Å². The second kappa shape index (κ2) is 7.53. The molecule has 0 atom stereocenters. The van der Waals surface area contributed by atoms with Crippen molar-refractivity contribution in [2.24, 2.45) is 7.05 Å². The number of pyridine rings is 1. The maximum atomic E-state index is 12.4. The summed E-state index contributed by atoms with van der Waals surface area (Å²) in [6.45, 7) is 0.468. The van der Waals surface area contributed by atoms with E-state index in [4.69, 9.17) is 4.74 Å². The molecule has 0 aliphatic carbocycles. The fourth-order valence-electron chi connectivity index (χ4n) is 3.23. The Hall–Kier alpha value is -2.84. The highest BCUT2D eigenvalue weighted by molar-refractivity contribution is 7.90. The van der Waals surface area contributed by atoms with Crippen LogP contribution in [0.3, 0.4) is 0 Å². The second-order valence-corrected chi connectivity index (χ2v) is 9.88. The molecule has 1 N–H and O–H groups in total. The SMILES string of the molecule is Cn1ccc2c(-c3cc(S(C)(=O)=O)ccc3OCCc3cccs3)c[nH]c2c1=O. The molecule has 6 nitrogen and oxygen atoms in total. The summed E-state index contributed by atoms with van der Waals surface area (Å²) in [5.74, 6) is 0.579. The van der Waals surface area contributed by atoms with Crippen molar-refractivity contribution in [3.8, 4) is 16.9 Å². The highest BCUT2D eigenvalue weighted by atomic mass is 32.2. The Balaban J connectivity index is 1.79. The topological polar surface area (TPSA) is 81.2 Å². The quantitative estimate of drug-likeness (QED) is 0.509. The van der Waals surface area contributed by atoms with Crippen LogP contribution in [-0.2, 0) is 23.3 Å². The van der Waals surface area contributed by atoms with Gasteiger partial charge in [0, 0.05) is 53.5 Å². The summed E-state index contributed by atoms with van der Waals surface area (Å²) in [7, 11) is -1.70. The van der Waals surface area contributed by atoms with Crippen LogP contribution in [0.15, 0.2) is 63.9 Å². The lowest BCUT2D eigenvalue weighted by Crippen LogP contribution is -2.15. The van der Waals surface area contributed by atoms with Crippen molar-refractivity contribution in [3.05, 3.63) is 69.4 Å². The Morgan fingerprint density at radius 1 is 1.17 bits per heavy atom. The third-order valence-electron chi connectivity index (χ3n) is 4.77. The second-order valence-electron chi connectivity index (χ2n) is 6.83. The molecule has 4 aromatic rings. The molecule has 1 aromatic carbocycles. The molecule has 3 heterocycles. The van der Waals surface area contributed by atoms with Crippen LogP contribution in [0.25, 0.3) is 22.0 Å². The van der Waals surface area contributed by atoms with Crippen molar-refractivity contribution in [2.45, 2.75) is 11.3 Å². The Morgan fingerprint density at radius 3 is 2.72 bits per heavy atom. The van der Waals surface area contributed by atoms with Gasteiger partial charge in [-0.25, -0.2) is 8.42 Å².